The number of carbonyl (C=O) groups excluding carboxylic acids is 6. The summed E-state index contributed by atoms with van der Waals surface area (Å²) in [6.07, 6.45) is 6.53. The smallest absolute Gasteiger partial charge is 0.255 e. The fourth-order valence-corrected chi connectivity index (χ4v) is 7.10. The number of nitrogens with zero attached hydrogens (tertiary/aromatic N) is 3. The maximum absolute atomic E-state index is 13.3. The second-order valence-corrected chi connectivity index (χ2v) is 16.9. The summed E-state index contributed by atoms with van der Waals surface area (Å²) in [6.45, 7) is 13.1. The number of primary amides is 2. The largest absolute Gasteiger partial charge is 0.493 e. The van der Waals surface area contributed by atoms with Crippen molar-refractivity contribution in [2.24, 2.45) is 40.9 Å². The molecule has 0 fully saturated rings. The average molecular weight is 876 g/mol. The number of ether oxygens (including phenoxy) is 2. The zero-order valence-electron chi connectivity index (χ0n) is 37.8. The lowest BCUT2D eigenvalue weighted by Crippen LogP contribution is -2.48. The van der Waals surface area contributed by atoms with Crippen LogP contribution in [0.2, 0.25) is 0 Å². The van der Waals surface area contributed by atoms with Crippen molar-refractivity contribution >= 4 is 35.3 Å². The maximum Gasteiger partial charge on any atom is 0.255 e. The van der Waals surface area contributed by atoms with E-state index in [-0.39, 0.29) is 54.6 Å². The predicted octanol–water partition coefficient (Wildman–Crippen LogP) is 4.00. The van der Waals surface area contributed by atoms with E-state index < -0.39 is 29.8 Å². The van der Waals surface area contributed by atoms with Crippen LogP contribution in [-0.4, -0.2) is 82.1 Å². The number of aromatic nitrogens is 3. The Bertz CT molecular complexity index is 1950. The number of rotatable bonds is 30. The van der Waals surface area contributed by atoms with E-state index >= 15 is 0 Å². The van der Waals surface area contributed by atoms with Gasteiger partial charge in [0.1, 0.15) is 35.9 Å². The van der Waals surface area contributed by atoms with E-state index in [1.807, 2.05) is 46.8 Å². The molecule has 0 unspecified atom stereocenters. The Morgan fingerprint density at radius 1 is 0.794 bits per heavy atom. The molecule has 0 radical (unpaired) electrons. The average Bonchev–Trinajstić information content (AvgIpc) is 3.70. The van der Waals surface area contributed by atoms with Gasteiger partial charge in [-0.3, -0.25) is 33.4 Å². The van der Waals surface area contributed by atoms with Gasteiger partial charge in [0.25, 0.3) is 5.91 Å². The molecule has 1 heterocycles. The van der Waals surface area contributed by atoms with Crippen LogP contribution < -0.4 is 42.6 Å². The molecule has 3 rings (SSSR count). The van der Waals surface area contributed by atoms with E-state index in [0.717, 1.165) is 12.0 Å². The Morgan fingerprint density at radius 3 is 2.06 bits per heavy atom. The fraction of sp³-hybridized carbons (Fsp3) is 0.565. The lowest BCUT2D eigenvalue weighted by Gasteiger charge is -2.22. The number of nitrogens with two attached hydrogens (primary N) is 3. The molecule has 4 atom stereocenters. The molecule has 0 aliphatic rings. The van der Waals surface area contributed by atoms with Gasteiger partial charge in [-0.2, -0.15) is 0 Å². The summed E-state index contributed by atoms with van der Waals surface area (Å²) in [4.78, 5) is 75.4. The number of ketones is 1. The van der Waals surface area contributed by atoms with Gasteiger partial charge in [-0.15, -0.1) is 5.10 Å². The molecule has 346 valence electrons. The van der Waals surface area contributed by atoms with Crippen molar-refractivity contribution in [3.8, 4) is 11.5 Å². The van der Waals surface area contributed by atoms with Gasteiger partial charge in [-0.25, -0.2) is 0 Å². The molecule has 0 aliphatic carbocycles. The number of aryl methyl sites for hydroxylation is 1. The minimum absolute atomic E-state index is 0.162. The summed E-state index contributed by atoms with van der Waals surface area (Å²) in [7, 11) is 0. The van der Waals surface area contributed by atoms with Crippen molar-refractivity contribution < 1.29 is 38.2 Å². The number of unbranched alkanes of at least 4 members (excludes halogenated alkanes) is 1. The highest BCUT2D eigenvalue weighted by Crippen LogP contribution is 2.22. The summed E-state index contributed by atoms with van der Waals surface area (Å²) < 4.78 is 13.6. The monoisotopic (exact) mass is 876 g/mol. The van der Waals surface area contributed by atoms with E-state index in [1.165, 1.54) is 13.0 Å². The number of amides is 5. The van der Waals surface area contributed by atoms with Crippen molar-refractivity contribution in [1.29, 1.82) is 0 Å². The van der Waals surface area contributed by atoms with Crippen molar-refractivity contribution in [3.05, 3.63) is 71.0 Å². The van der Waals surface area contributed by atoms with Gasteiger partial charge in [0, 0.05) is 43.3 Å². The highest BCUT2D eigenvalue weighted by molar-refractivity contribution is 6.01. The Hall–Kier alpha value is -5.84. The molecule has 5 amide bonds. The second kappa shape index (κ2) is 26.6. The second-order valence-electron chi connectivity index (χ2n) is 16.9. The Labute approximate surface area is 371 Å². The first kappa shape index (κ1) is 51.5. The third-order valence-electron chi connectivity index (χ3n) is 10.5. The minimum Gasteiger partial charge on any atom is -0.493 e. The third-order valence-corrected chi connectivity index (χ3v) is 10.5. The maximum atomic E-state index is 13.3. The lowest BCUT2D eigenvalue weighted by molar-refractivity contribution is -0.130. The number of Topliss-reactive ketones (excluding diaryl/α,β-unsaturated/α-hetero) is 1. The SMILES string of the molecule is CC[C@@H](CC(C)C)C(=O)N[C@@H](CCCCNC(=O)c1cc(C(C)=O)ccc1OCCCn1cc(COc2ccc(C[C@H](NC(=O)[C@@H](CCN)CC(C)C)C(N)=O)cc2)nn1)C(N)=O. The molecule has 1 aromatic heterocycles. The summed E-state index contributed by atoms with van der Waals surface area (Å²) in [5.41, 5.74) is 18.9. The van der Waals surface area contributed by atoms with Gasteiger partial charge in [0.2, 0.25) is 23.6 Å². The molecule has 9 N–H and O–H groups in total. The van der Waals surface area contributed by atoms with Gasteiger partial charge in [0.15, 0.2) is 5.78 Å². The van der Waals surface area contributed by atoms with Crippen molar-refractivity contribution in [2.75, 3.05) is 19.7 Å². The van der Waals surface area contributed by atoms with Gasteiger partial charge < -0.3 is 42.6 Å². The molecule has 0 saturated carbocycles. The van der Waals surface area contributed by atoms with Crippen molar-refractivity contribution in [1.82, 2.24) is 30.9 Å². The molecule has 63 heavy (non-hydrogen) atoms. The Balaban J connectivity index is 1.46. The molecule has 17 nitrogen and oxygen atoms in total. The first-order valence-electron chi connectivity index (χ1n) is 22.1. The van der Waals surface area contributed by atoms with Crippen LogP contribution in [0.1, 0.15) is 125 Å². The van der Waals surface area contributed by atoms with Crippen molar-refractivity contribution in [3.63, 3.8) is 0 Å². The molecule has 2 aromatic carbocycles. The third kappa shape index (κ3) is 18.2. The van der Waals surface area contributed by atoms with Crippen LogP contribution in [0.15, 0.2) is 48.7 Å². The van der Waals surface area contributed by atoms with Gasteiger partial charge in [-0.05, 0) is 106 Å². The summed E-state index contributed by atoms with van der Waals surface area (Å²) in [6, 6.07) is 10.2. The summed E-state index contributed by atoms with van der Waals surface area (Å²) >= 11 is 0. The Morgan fingerprint density at radius 2 is 1.44 bits per heavy atom. The van der Waals surface area contributed by atoms with Crippen LogP contribution in [0.3, 0.4) is 0 Å². The molecule has 0 aliphatic heterocycles. The zero-order valence-corrected chi connectivity index (χ0v) is 37.8. The highest BCUT2D eigenvalue weighted by Gasteiger charge is 2.26. The van der Waals surface area contributed by atoms with Gasteiger partial charge >= 0.3 is 0 Å². The summed E-state index contributed by atoms with van der Waals surface area (Å²) in [5.74, 6) is -1.14. The molecule has 0 bridgehead atoms. The first-order valence-corrected chi connectivity index (χ1v) is 22.1. The van der Waals surface area contributed by atoms with Crippen molar-refractivity contribution in [2.45, 2.75) is 125 Å². The van der Waals surface area contributed by atoms with Gasteiger partial charge in [-0.1, -0.05) is 52.0 Å². The van der Waals surface area contributed by atoms with E-state index in [9.17, 15) is 28.8 Å². The standard InChI is InChI=1S/C46H69N9O8/c1-7-33(23-29(2)3)44(59)51-39(42(48)57)11-8-9-20-50-46(61)38-26-34(31(6)56)14-17-41(38)62-22-10-21-55-27-36(53-54-55)28-63-37-15-12-32(13-16-37)25-40(43(49)58)52-45(60)35(18-19-47)24-30(4)5/h12-17,26-27,29-30,33,35,39-40H,7-11,18-25,28,47H2,1-6H3,(H2,48,57)(H2,49,58)(H,50,61)(H,51,59)(H,52,60)/t33-,35-,39-,40-/m0/s1. The topological polar surface area (TPSA) is 266 Å². The van der Waals surface area contributed by atoms with E-state index in [1.54, 1.807) is 35.1 Å². The zero-order chi connectivity index (χ0) is 46.5. The Kier molecular flexibility index (Phi) is 21.7. The highest BCUT2D eigenvalue weighted by atomic mass is 16.5. The number of nitrogens with one attached hydrogen (secondary N) is 3. The summed E-state index contributed by atoms with van der Waals surface area (Å²) in [5, 5.41) is 16.9. The van der Waals surface area contributed by atoms with E-state index in [4.69, 9.17) is 26.7 Å². The first-order chi connectivity index (χ1) is 30.0. The number of benzene rings is 2. The molecular formula is C46H69N9O8. The predicted molar refractivity (Wildman–Crippen MR) is 239 cm³/mol. The number of hydrogen-bond donors (Lipinski definition) is 6. The molecular weight excluding hydrogens is 807 g/mol. The van der Waals surface area contributed by atoms with E-state index in [2.05, 4.69) is 26.3 Å². The molecule has 17 heteroatoms. The number of hydrogen-bond acceptors (Lipinski definition) is 11. The molecule has 3 aromatic rings. The fourth-order valence-electron chi connectivity index (χ4n) is 7.10. The molecule has 0 saturated heterocycles. The van der Waals surface area contributed by atoms with Crippen LogP contribution in [0.5, 0.6) is 11.5 Å². The van der Waals surface area contributed by atoms with Crippen LogP contribution >= 0.6 is 0 Å². The van der Waals surface area contributed by atoms with E-state index in [0.29, 0.717) is 99.2 Å². The van der Waals surface area contributed by atoms with Crippen LogP contribution in [-0.2, 0) is 38.8 Å². The lowest BCUT2D eigenvalue weighted by atomic mass is 9.92. The van der Waals surface area contributed by atoms with Crippen LogP contribution in [0, 0.1) is 23.7 Å². The van der Waals surface area contributed by atoms with Gasteiger partial charge in [0.05, 0.1) is 18.4 Å². The minimum atomic E-state index is -0.861. The van der Waals surface area contributed by atoms with Crippen LogP contribution in [0.25, 0.3) is 0 Å². The molecule has 0 spiro atoms. The van der Waals surface area contributed by atoms with Crippen LogP contribution in [0.4, 0.5) is 0 Å². The quantitative estimate of drug-likeness (QED) is 0.0412. The normalized spacial score (nSPS) is 13.2. The number of carbonyl (C=O) groups is 6.